The number of benzene rings is 1. The van der Waals surface area contributed by atoms with Crippen LogP contribution in [0.5, 0.6) is 11.5 Å². The normalized spacial score (nSPS) is 12.9. The highest BCUT2D eigenvalue weighted by molar-refractivity contribution is 5.74. The summed E-state index contributed by atoms with van der Waals surface area (Å²) in [7, 11) is 3.09. The van der Waals surface area contributed by atoms with Crippen LogP contribution in [-0.4, -0.2) is 31.3 Å². The topological polar surface area (TPSA) is 81.8 Å². The fourth-order valence-electron chi connectivity index (χ4n) is 1.95. The van der Waals surface area contributed by atoms with Gasteiger partial charge in [-0.1, -0.05) is 26.8 Å². The SMILES string of the molecule is COc1cc(C(C)(C)C)cc(CC(N)C(=O)O)c1OC. The molecule has 0 radical (unpaired) electrons. The second-order valence-corrected chi connectivity index (χ2v) is 5.77. The number of carboxylic acids is 1. The van der Waals surface area contributed by atoms with Gasteiger partial charge in [0.25, 0.3) is 0 Å². The smallest absolute Gasteiger partial charge is 0.320 e. The van der Waals surface area contributed by atoms with Gasteiger partial charge in [0.05, 0.1) is 14.2 Å². The summed E-state index contributed by atoms with van der Waals surface area (Å²) in [5.41, 5.74) is 7.33. The molecule has 20 heavy (non-hydrogen) atoms. The van der Waals surface area contributed by atoms with Crippen LogP contribution in [0, 0.1) is 0 Å². The highest BCUT2D eigenvalue weighted by atomic mass is 16.5. The lowest BCUT2D eigenvalue weighted by Gasteiger charge is -2.23. The molecule has 1 aromatic rings. The van der Waals surface area contributed by atoms with E-state index in [-0.39, 0.29) is 11.8 Å². The third kappa shape index (κ3) is 3.63. The van der Waals surface area contributed by atoms with E-state index in [2.05, 4.69) is 20.8 Å². The largest absolute Gasteiger partial charge is 0.493 e. The number of carbonyl (C=O) groups is 1. The monoisotopic (exact) mass is 281 g/mol. The van der Waals surface area contributed by atoms with Gasteiger partial charge in [-0.3, -0.25) is 4.79 Å². The number of nitrogens with two attached hydrogens (primary N) is 1. The van der Waals surface area contributed by atoms with Crippen molar-refractivity contribution >= 4 is 5.97 Å². The lowest BCUT2D eigenvalue weighted by molar-refractivity contribution is -0.138. The van der Waals surface area contributed by atoms with Crippen molar-refractivity contribution in [3.8, 4) is 11.5 Å². The van der Waals surface area contributed by atoms with E-state index in [1.807, 2.05) is 12.1 Å². The molecule has 1 rings (SSSR count). The average Bonchev–Trinajstić information content (AvgIpc) is 2.36. The maximum atomic E-state index is 10.9. The van der Waals surface area contributed by atoms with E-state index in [0.29, 0.717) is 11.5 Å². The van der Waals surface area contributed by atoms with Crippen LogP contribution in [0.1, 0.15) is 31.9 Å². The summed E-state index contributed by atoms with van der Waals surface area (Å²) in [6.45, 7) is 6.24. The molecule has 1 unspecified atom stereocenters. The lowest BCUT2D eigenvalue weighted by atomic mass is 9.85. The number of ether oxygens (including phenoxy) is 2. The summed E-state index contributed by atoms with van der Waals surface area (Å²) in [6.07, 6.45) is 0.193. The van der Waals surface area contributed by atoms with E-state index in [4.69, 9.17) is 20.3 Å². The quantitative estimate of drug-likeness (QED) is 0.862. The standard InChI is InChI=1S/C15H23NO4/c1-15(2,3)10-6-9(7-11(16)14(17)18)13(20-5)12(8-10)19-4/h6,8,11H,7,16H2,1-5H3,(H,17,18). The maximum Gasteiger partial charge on any atom is 0.320 e. The third-order valence-electron chi connectivity index (χ3n) is 3.18. The summed E-state index contributed by atoms with van der Waals surface area (Å²) >= 11 is 0. The molecule has 0 aromatic heterocycles. The molecule has 0 heterocycles. The summed E-state index contributed by atoms with van der Waals surface area (Å²) in [4.78, 5) is 10.9. The van der Waals surface area contributed by atoms with Crippen molar-refractivity contribution in [2.45, 2.75) is 38.6 Å². The van der Waals surface area contributed by atoms with Crippen LogP contribution in [0.3, 0.4) is 0 Å². The summed E-state index contributed by atoms with van der Waals surface area (Å²) in [5.74, 6) is 0.0943. The van der Waals surface area contributed by atoms with Gasteiger partial charge in [-0.15, -0.1) is 0 Å². The molecule has 1 aromatic carbocycles. The summed E-state index contributed by atoms with van der Waals surface area (Å²) < 4.78 is 10.7. The van der Waals surface area contributed by atoms with Crippen LogP contribution >= 0.6 is 0 Å². The molecular weight excluding hydrogens is 258 g/mol. The van der Waals surface area contributed by atoms with Crippen molar-refractivity contribution in [1.29, 1.82) is 0 Å². The maximum absolute atomic E-state index is 10.9. The zero-order valence-electron chi connectivity index (χ0n) is 12.7. The van der Waals surface area contributed by atoms with Crippen LogP contribution in [0.4, 0.5) is 0 Å². The van der Waals surface area contributed by atoms with Gasteiger partial charge in [-0.25, -0.2) is 0 Å². The van der Waals surface area contributed by atoms with E-state index in [1.54, 1.807) is 7.11 Å². The number of methoxy groups -OCH3 is 2. The Hall–Kier alpha value is -1.75. The van der Waals surface area contributed by atoms with Gasteiger partial charge in [0.2, 0.25) is 0 Å². The van der Waals surface area contributed by atoms with Gasteiger partial charge in [-0.2, -0.15) is 0 Å². The minimum absolute atomic E-state index is 0.0817. The fourth-order valence-corrected chi connectivity index (χ4v) is 1.95. The zero-order chi connectivity index (χ0) is 15.5. The van der Waals surface area contributed by atoms with E-state index in [9.17, 15) is 4.79 Å². The molecule has 0 spiro atoms. The number of aliphatic carboxylic acids is 1. The molecule has 0 saturated heterocycles. The first-order chi connectivity index (χ1) is 9.20. The number of carboxylic acid groups (broad SMARTS) is 1. The van der Waals surface area contributed by atoms with Crippen molar-refractivity contribution in [3.63, 3.8) is 0 Å². The van der Waals surface area contributed by atoms with Gasteiger partial charge < -0.3 is 20.3 Å². The Morgan fingerprint density at radius 1 is 1.30 bits per heavy atom. The van der Waals surface area contributed by atoms with Crippen LogP contribution < -0.4 is 15.2 Å². The Morgan fingerprint density at radius 2 is 1.90 bits per heavy atom. The first kappa shape index (κ1) is 16.3. The Morgan fingerprint density at radius 3 is 2.30 bits per heavy atom. The molecule has 5 heteroatoms. The molecule has 1 atom stereocenters. The van der Waals surface area contributed by atoms with Gasteiger partial charge in [0.15, 0.2) is 11.5 Å². The number of hydrogen-bond donors (Lipinski definition) is 2. The lowest BCUT2D eigenvalue weighted by Crippen LogP contribution is -2.32. The third-order valence-corrected chi connectivity index (χ3v) is 3.18. The molecule has 0 aliphatic carbocycles. The van der Waals surface area contributed by atoms with Gasteiger partial charge in [-0.05, 0) is 17.0 Å². The molecule has 0 saturated carbocycles. The van der Waals surface area contributed by atoms with Gasteiger partial charge >= 0.3 is 5.97 Å². The van der Waals surface area contributed by atoms with Crippen molar-refractivity contribution in [1.82, 2.24) is 0 Å². The molecule has 0 fully saturated rings. The van der Waals surface area contributed by atoms with Crippen LogP contribution in [0.2, 0.25) is 0 Å². The van der Waals surface area contributed by atoms with Crippen LogP contribution in [-0.2, 0) is 16.6 Å². The predicted octanol–water partition coefficient (Wildman–Crippen LogP) is 1.96. The minimum atomic E-state index is -1.04. The van der Waals surface area contributed by atoms with Gasteiger partial charge in [0, 0.05) is 12.0 Å². The summed E-state index contributed by atoms with van der Waals surface area (Å²) in [6, 6.07) is 2.88. The highest BCUT2D eigenvalue weighted by Crippen LogP contribution is 2.37. The van der Waals surface area contributed by atoms with Gasteiger partial charge in [0.1, 0.15) is 6.04 Å². The van der Waals surface area contributed by atoms with Crippen molar-refractivity contribution in [2.24, 2.45) is 5.73 Å². The second kappa shape index (κ2) is 6.13. The van der Waals surface area contributed by atoms with E-state index >= 15 is 0 Å². The molecule has 0 aliphatic heterocycles. The molecule has 112 valence electrons. The predicted molar refractivity (Wildman–Crippen MR) is 77.6 cm³/mol. The average molecular weight is 281 g/mol. The number of rotatable bonds is 5. The molecule has 0 amide bonds. The van der Waals surface area contributed by atoms with E-state index in [1.165, 1.54) is 7.11 Å². The Balaban J connectivity index is 3.34. The van der Waals surface area contributed by atoms with E-state index in [0.717, 1.165) is 11.1 Å². The van der Waals surface area contributed by atoms with Crippen molar-refractivity contribution < 1.29 is 19.4 Å². The first-order valence-corrected chi connectivity index (χ1v) is 6.44. The van der Waals surface area contributed by atoms with Crippen molar-refractivity contribution in [3.05, 3.63) is 23.3 Å². The first-order valence-electron chi connectivity index (χ1n) is 6.44. The molecule has 3 N–H and O–H groups in total. The fraction of sp³-hybridized carbons (Fsp3) is 0.533. The van der Waals surface area contributed by atoms with Crippen LogP contribution in [0.25, 0.3) is 0 Å². The van der Waals surface area contributed by atoms with Crippen molar-refractivity contribution in [2.75, 3.05) is 14.2 Å². The van der Waals surface area contributed by atoms with Crippen LogP contribution in [0.15, 0.2) is 12.1 Å². The Bertz CT molecular complexity index is 491. The van der Waals surface area contributed by atoms with E-state index < -0.39 is 12.0 Å². The Labute approximate surface area is 119 Å². The Kier molecular flexibility index (Phi) is 5.00. The summed E-state index contributed by atoms with van der Waals surface area (Å²) in [5, 5.41) is 8.97. The molecular formula is C15H23NO4. The highest BCUT2D eigenvalue weighted by Gasteiger charge is 2.22. The molecule has 0 bridgehead atoms. The molecule has 0 aliphatic rings. The minimum Gasteiger partial charge on any atom is -0.493 e. The number of hydrogen-bond acceptors (Lipinski definition) is 4. The zero-order valence-corrected chi connectivity index (χ0v) is 12.7. The molecule has 5 nitrogen and oxygen atoms in total. The second-order valence-electron chi connectivity index (χ2n) is 5.77.